The van der Waals surface area contributed by atoms with E-state index in [2.05, 4.69) is 12.2 Å². The van der Waals surface area contributed by atoms with Gasteiger partial charge in [-0.2, -0.15) is 5.26 Å². The van der Waals surface area contributed by atoms with Crippen LogP contribution in [-0.2, 0) is 0 Å². The number of nitro groups is 1. The second-order valence-electron chi connectivity index (χ2n) is 4.72. The van der Waals surface area contributed by atoms with Crippen LogP contribution in [0.5, 0.6) is 0 Å². The predicted octanol–water partition coefficient (Wildman–Crippen LogP) is 3.07. The molecule has 1 unspecified atom stereocenters. The fraction of sp³-hybridized carbons (Fsp3) is 0.462. The molecule has 0 spiro atoms. The van der Waals surface area contributed by atoms with E-state index in [0.717, 1.165) is 0 Å². The first kappa shape index (κ1) is 12.4. The zero-order valence-electron chi connectivity index (χ0n) is 10.2. The lowest BCUT2D eigenvalue weighted by Gasteiger charge is -2.32. The van der Waals surface area contributed by atoms with Gasteiger partial charge in [0.15, 0.2) is 0 Å². The number of anilines is 1. The summed E-state index contributed by atoms with van der Waals surface area (Å²) in [6.45, 7) is 2.09. The van der Waals surface area contributed by atoms with Gasteiger partial charge in [0.05, 0.1) is 16.2 Å². The lowest BCUT2D eigenvalue weighted by molar-refractivity contribution is -0.384. The Morgan fingerprint density at radius 1 is 1.56 bits per heavy atom. The van der Waals surface area contributed by atoms with Crippen molar-refractivity contribution in [2.75, 3.05) is 5.32 Å². The quantitative estimate of drug-likeness (QED) is 0.653. The van der Waals surface area contributed by atoms with Crippen LogP contribution >= 0.6 is 0 Å². The third-order valence-electron chi connectivity index (χ3n) is 3.57. The monoisotopic (exact) mass is 245 g/mol. The van der Waals surface area contributed by atoms with Crippen molar-refractivity contribution >= 4 is 11.4 Å². The molecule has 0 saturated heterocycles. The number of hydrogen-bond acceptors (Lipinski definition) is 4. The molecule has 0 heterocycles. The smallest absolute Gasteiger partial charge is 0.270 e. The molecule has 1 N–H and O–H groups in total. The number of non-ortho nitro benzene ring substituents is 1. The highest BCUT2D eigenvalue weighted by atomic mass is 16.6. The van der Waals surface area contributed by atoms with E-state index in [1.165, 1.54) is 31.4 Å². The van der Waals surface area contributed by atoms with Gasteiger partial charge in [-0.25, -0.2) is 0 Å². The van der Waals surface area contributed by atoms with E-state index in [1.54, 1.807) is 6.07 Å². The maximum absolute atomic E-state index is 10.6. The molecule has 1 fully saturated rings. The first-order valence-electron chi connectivity index (χ1n) is 6.07. The highest BCUT2D eigenvalue weighted by Crippen LogP contribution is 2.32. The normalized spacial score (nSPS) is 16.4. The van der Waals surface area contributed by atoms with Gasteiger partial charge >= 0.3 is 0 Å². The first-order chi connectivity index (χ1) is 8.61. The molecule has 1 aliphatic rings. The Morgan fingerprint density at radius 3 is 2.78 bits per heavy atom. The fourth-order valence-electron chi connectivity index (χ4n) is 2.17. The summed E-state index contributed by atoms with van der Waals surface area (Å²) in [6, 6.07) is 6.66. The molecule has 0 aromatic heterocycles. The summed E-state index contributed by atoms with van der Waals surface area (Å²) in [5, 5.41) is 23.0. The van der Waals surface area contributed by atoms with E-state index in [9.17, 15) is 10.1 Å². The molecule has 2 rings (SSSR count). The van der Waals surface area contributed by atoms with Gasteiger partial charge in [-0.05, 0) is 31.7 Å². The number of nitriles is 1. The van der Waals surface area contributed by atoms with E-state index in [0.29, 0.717) is 23.2 Å². The lowest BCUT2D eigenvalue weighted by Crippen LogP contribution is -2.31. The zero-order chi connectivity index (χ0) is 13.1. The Hall–Kier alpha value is -2.09. The van der Waals surface area contributed by atoms with Gasteiger partial charge < -0.3 is 5.32 Å². The van der Waals surface area contributed by atoms with Crippen LogP contribution in [0.1, 0.15) is 31.7 Å². The molecule has 1 aromatic rings. The molecule has 5 nitrogen and oxygen atoms in total. The van der Waals surface area contributed by atoms with Gasteiger partial charge in [0.25, 0.3) is 5.69 Å². The third-order valence-corrected chi connectivity index (χ3v) is 3.57. The average Bonchev–Trinajstić information content (AvgIpc) is 2.26. The van der Waals surface area contributed by atoms with Crippen molar-refractivity contribution < 1.29 is 4.92 Å². The van der Waals surface area contributed by atoms with E-state index in [4.69, 9.17) is 5.26 Å². The van der Waals surface area contributed by atoms with Gasteiger partial charge in [0, 0.05) is 18.2 Å². The molecule has 1 saturated carbocycles. The van der Waals surface area contributed by atoms with Crippen molar-refractivity contribution in [1.29, 1.82) is 5.26 Å². The maximum Gasteiger partial charge on any atom is 0.270 e. The summed E-state index contributed by atoms with van der Waals surface area (Å²) in [4.78, 5) is 10.2. The third kappa shape index (κ3) is 2.43. The van der Waals surface area contributed by atoms with Crippen molar-refractivity contribution in [2.45, 2.75) is 32.2 Å². The molecule has 5 heteroatoms. The predicted molar refractivity (Wildman–Crippen MR) is 68.2 cm³/mol. The Kier molecular flexibility index (Phi) is 3.47. The van der Waals surface area contributed by atoms with Crippen molar-refractivity contribution in [1.82, 2.24) is 0 Å². The lowest BCUT2D eigenvalue weighted by atomic mass is 9.80. The minimum Gasteiger partial charge on any atom is -0.381 e. The van der Waals surface area contributed by atoms with Crippen LogP contribution in [0.15, 0.2) is 18.2 Å². The maximum atomic E-state index is 10.6. The van der Waals surface area contributed by atoms with E-state index in [1.807, 2.05) is 6.07 Å². The first-order valence-corrected chi connectivity index (χ1v) is 6.07. The highest BCUT2D eigenvalue weighted by Gasteiger charge is 2.24. The molecule has 1 atom stereocenters. The van der Waals surface area contributed by atoms with E-state index < -0.39 is 4.92 Å². The van der Waals surface area contributed by atoms with Crippen LogP contribution in [0.2, 0.25) is 0 Å². The van der Waals surface area contributed by atoms with Gasteiger partial charge in [-0.1, -0.05) is 6.42 Å². The van der Waals surface area contributed by atoms with Gasteiger partial charge in [0.2, 0.25) is 0 Å². The summed E-state index contributed by atoms with van der Waals surface area (Å²) in [5.41, 5.74) is 0.964. The molecular weight excluding hydrogens is 230 g/mol. The number of nitro benzene ring substituents is 1. The molecule has 0 radical (unpaired) electrons. The van der Waals surface area contributed by atoms with Crippen LogP contribution in [0.25, 0.3) is 0 Å². The summed E-state index contributed by atoms with van der Waals surface area (Å²) in [5.74, 6) is 0.645. The number of nitrogens with zero attached hydrogens (tertiary/aromatic N) is 2. The largest absolute Gasteiger partial charge is 0.381 e. The number of benzene rings is 1. The molecule has 1 aliphatic carbocycles. The standard InChI is InChI=1S/C13H15N3O2/c1-9(10-3-2-4-10)15-13-6-5-12(16(17)18)7-11(13)8-14/h5-7,9-10,15H,2-4H2,1H3. The zero-order valence-corrected chi connectivity index (χ0v) is 10.2. The second kappa shape index (κ2) is 5.05. The number of hydrogen-bond donors (Lipinski definition) is 1. The summed E-state index contributed by atoms with van der Waals surface area (Å²) in [6.07, 6.45) is 3.69. The topological polar surface area (TPSA) is 79.0 Å². The molecule has 18 heavy (non-hydrogen) atoms. The van der Waals surface area contributed by atoms with Gasteiger partial charge in [-0.15, -0.1) is 0 Å². The molecule has 1 aromatic carbocycles. The number of rotatable bonds is 4. The van der Waals surface area contributed by atoms with Crippen molar-refractivity contribution in [3.05, 3.63) is 33.9 Å². The Bertz CT molecular complexity index is 503. The van der Waals surface area contributed by atoms with Crippen LogP contribution in [0, 0.1) is 27.4 Å². The molecule has 0 amide bonds. The van der Waals surface area contributed by atoms with E-state index in [-0.39, 0.29) is 5.69 Å². The van der Waals surface area contributed by atoms with E-state index >= 15 is 0 Å². The van der Waals surface area contributed by atoms with Crippen molar-refractivity contribution in [2.24, 2.45) is 5.92 Å². The molecule has 0 aliphatic heterocycles. The SMILES string of the molecule is CC(Nc1ccc([N+](=O)[O-])cc1C#N)C1CCC1. The van der Waals surface area contributed by atoms with Crippen LogP contribution in [-0.4, -0.2) is 11.0 Å². The average molecular weight is 245 g/mol. The minimum atomic E-state index is -0.486. The Labute approximate surface area is 106 Å². The van der Waals surface area contributed by atoms with Crippen LogP contribution in [0.4, 0.5) is 11.4 Å². The number of nitrogens with one attached hydrogen (secondary N) is 1. The van der Waals surface area contributed by atoms with Gasteiger partial charge in [-0.3, -0.25) is 10.1 Å². The summed E-state index contributed by atoms with van der Waals surface area (Å²) < 4.78 is 0. The van der Waals surface area contributed by atoms with Crippen molar-refractivity contribution in [3.8, 4) is 6.07 Å². The molecule has 0 bridgehead atoms. The molecule has 94 valence electrons. The Balaban J connectivity index is 2.17. The molecular formula is C13H15N3O2. The Morgan fingerprint density at radius 2 is 2.28 bits per heavy atom. The fourth-order valence-corrected chi connectivity index (χ4v) is 2.17. The van der Waals surface area contributed by atoms with Crippen LogP contribution in [0.3, 0.4) is 0 Å². The minimum absolute atomic E-state index is 0.0478. The highest BCUT2D eigenvalue weighted by molar-refractivity contribution is 5.61. The second-order valence-corrected chi connectivity index (χ2v) is 4.72. The van der Waals surface area contributed by atoms with Gasteiger partial charge in [0.1, 0.15) is 6.07 Å². The van der Waals surface area contributed by atoms with Crippen molar-refractivity contribution in [3.63, 3.8) is 0 Å². The summed E-state index contributed by atoms with van der Waals surface area (Å²) >= 11 is 0. The van der Waals surface area contributed by atoms with Crippen LogP contribution < -0.4 is 5.32 Å². The summed E-state index contributed by atoms with van der Waals surface area (Å²) in [7, 11) is 0.